The number of H-pyrrole nitrogens is 1. The quantitative estimate of drug-likeness (QED) is 0.761. The van der Waals surface area contributed by atoms with Crippen LogP contribution in [0.3, 0.4) is 0 Å². The molecule has 0 spiro atoms. The highest BCUT2D eigenvalue weighted by molar-refractivity contribution is 5.98. The van der Waals surface area contributed by atoms with Gasteiger partial charge in [-0.1, -0.05) is 18.2 Å². The molecule has 3 aromatic rings. The van der Waals surface area contributed by atoms with Crippen LogP contribution in [-0.4, -0.2) is 65.0 Å². The number of rotatable bonds is 3. The molecule has 28 heavy (non-hydrogen) atoms. The molecule has 0 unspecified atom stereocenters. The number of fused-ring (bicyclic) bond motifs is 1. The van der Waals surface area contributed by atoms with Crippen molar-refractivity contribution in [2.75, 3.05) is 49.1 Å². The van der Waals surface area contributed by atoms with E-state index in [9.17, 15) is 4.79 Å². The Labute approximate surface area is 164 Å². The number of nitrogens with one attached hydrogen (secondary N) is 1. The molecule has 2 saturated heterocycles. The number of benzene rings is 1. The maximum Gasteiger partial charge on any atom is 0.270 e. The lowest BCUT2D eigenvalue weighted by Crippen LogP contribution is -2.49. The zero-order valence-electron chi connectivity index (χ0n) is 15.8. The molecule has 1 amide bonds. The molecule has 0 radical (unpaired) electrons. The van der Waals surface area contributed by atoms with Crippen LogP contribution >= 0.6 is 0 Å². The Hall–Kier alpha value is -3.09. The number of anilines is 2. The molecular formula is C21H24N6O. The number of amides is 1. The molecule has 2 aromatic heterocycles. The van der Waals surface area contributed by atoms with Gasteiger partial charge in [-0.3, -0.25) is 4.79 Å². The maximum atomic E-state index is 12.9. The summed E-state index contributed by atoms with van der Waals surface area (Å²) < 4.78 is 0. The van der Waals surface area contributed by atoms with Crippen molar-refractivity contribution in [3.63, 3.8) is 0 Å². The standard InChI is InChI=1S/C21H24N6O/c28-21(18-13-16-5-1-2-6-17(16)24-18)27-11-9-26(10-12-27)20-14-19(22-15-23-20)25-7-3-4-8-25/h1-2,5-6,13-15,24H,3-4,7-12H2. The van der Waals surface area contributed by atoms with E-state index >= 15 is 0 Å². The Balaban J connectivity index is 1.26. The van der Waals surface area contributed by atoms with Crippen LogP contribution in [0.2, 0.25) is 0 Å². The second-order valence-corrected chi connectivity index (χ2v) is 7.48. The SMILES string of the molecule is O=C(c1cc2ccccc2[nH]1)N1CCN(c2cc(N3CCCC3)ncn2)CC1. The van der Waals surface area contributed by atoms with E-state index in [1.807, 2.05) is 35.2 Å². The zero-order valence-corrected chi connectivity index (χ0v) is 15.8. The van der Waals surface area contributed by atoms with Gasteiger partial charge in [-0.05, 0) is 25.0 Å². The van der Waals surface area contributed by atoms with Gasteiger partial charge in [0, 0.05) is 56.2 Å². The van der Waals surface area contributed by atoms with Crippen LogP contribution in [0.1, 0.15) is 23.3 Å². The lowest BCUT2D eigenvalue weighted by atomic mass is 10.2. The summed E-state index contributed by atoms with van der Waals surface area (Å²) in [5.74, 6) is 2.03. The third-order valence-corrected chi connectivity index (χ3v) is 5.72. The van der Waals surface area contributed by atoms with E-state index in [1.54, 1.807) is 6.33 Å². The average molecular weight is 376 g/mol. The minimum absolute atomic E-state index is 0.0660. The van der Waals surface area contributed by atoms with Gasteiger partial charge in [-0.2, -0.15) is 0 Å². The number of carbonyl (C=O) groups excluding carboxylic acids is 1. The Morgan fingerprint density at radius 3 is 2.25 bits per heavy atom. The molecule has 5 rings (SSSR count). The molecule has 0 aliphatic carbocycles. The summed E-state index contributed by atoms with van der Waals surface area (Å²) in [5.41, 5.74) is 1.66. The normalized spacial score (nSPS) is 17.5. The molecule has 0 bridgehead atoms. The zero-order chi connectivity index (χ0) is 18.9. The van der Waals surface area contributed by atoms with Gasteiger partial charge in [0.2, 0.25) is 0 Å². The fourth-order valence-electron chi connectivity index (χ4n) is 4.13. The fraction of sp³-hybridized carbons (Fsp3) is 0.381. The summed E-state index contributed by atoms with van der Waals surface area (Å²) in [7, 11) is 0. The van der Waals surface area contributed by atoms with Crippen LogP contribution < -0.4 is 9.80 Å². The van der Waals surface area contributed by atoms with E-state index < -0.39 is 0 Å². The minimum Gasteiger partial charge on any atom is -0.356 e. The van der Waals surface area contributed by atoms with Gasteiger partial charge in [0.1, 0.15) is 23.7 Å². The molecule has 1 N–H and O–H groups in total. The van der Waals surface area contributed by atoms with Crippen LogP contribution in [-0.2, 0) is 0 Å². The molecule has 2 aliphatic rings. The lowest BCUT2D eigenvalue weighted by molar-refractivity contribution is 0.0741. The molecule has 0 saturated carbocycles. The molecule has 0 atom stereocenters. The van der Waals surface area contributed by atoms with Crippen molar-refractivity contribution in [1.82, 2.24) is 19.9 Å². The number of carbonyl (C=O) groups is 1. The first-order valence-electron chi connectivity index (χ1n) is 9.97. The first kappa shape index (κ1) is 17.0. The van der Waals surface area contributed by atoms with Gasteiger partial charge in [0.05, 0.1) is 0 Å². The smallest absolute Gasteiger partial charge is 0.270 e. The molecular weight excluding hydrogens is 352 g/mol. The molecule has 4 heterocycles. The minimum atomic E-state index is 0.0660. The summed E-state index contributed by atoms with van der Waals surface area (Å²) in [6.45, 7) is 5.09. The highest BCUT2D eigenvalue weighted by atomic mass is 16.2. The van der Waals surface area contributed by atoms with E-state index in [1.165, 1.54) is 12.8 Å². The van der Waals surface area contributed by atoms with Crippen LogP contribution in [0.15, 0.2) is 42.7 Å². The number of nitrogens with zero attached hydrogens (tertiary/aromatic N) is 5. The molecule has 7 nitrogen and oxygen atoms in total. The van der Waals surface area contributed by atoms with Gasteiger partial charge in [0.15, 0.2) is 0 Å². The first-order chi connectivity index (χ1) is 13.8. The van der Waals surface area contributed by atoms with Crippen molar-refractivity contribution in [3.05, 3.63) is 48.4 Å². The number of hydrogen-bond acceptors (Lipinski definition) is 5. The van der Waals surface area contributed by atoms with Crippen molar-refractivity contribution < 1.29 is 4.79 Å². The van der Waals surface area contributed by atoms with Crippen LogP contribution in [0.4, 0.5) is 11.6 Å². The Kier molecular flexibility index (Phi) is 4.35. The monoisotopic (exact) mass is 376 g/mol. The predicted octanol–water partition coefficient (Wildman–Crippen LogP) is 2.52. The summed E-state index contributed by atoms with van der Waals surface area (Å²) >= 11 is 0. The van der Waals surface area contributed by atoms with Crippen LogP contribution in [0, 0.1) is 0 Å². The van der Waals surface area contributed by atoms with Crippen molar-refractivity contribution >= 4 is 28.4 Å². The van der Waals surface area contributed by atoms with Gasteiger partial charge < -0.3 is 19.7 Å². The number of para-hydroxylation sites is 1. The van der Waals surface area contributed by atoms with Crippen molar-refractivity contribution in [1.29, 1.82) is 0 Å². The van der Waals surface area contributed by atoms with E-state index in [0.717, 1.165) is 48.7 Å². The second kappa shape index (κ2) is 7.14. The highest BCUT2D eigenvalue weighted by Crippen LogP contribution is 2.23. The van der Waals surface area contributed by atoms with Gasteiger partial charge in [0.25, 0.3) is 5.91 Å². The van der Waals surface area contributed by atoms with E-state index in [2.05, 4.69) is 30.8 Å². The summed E-state index contributed by atoms with van der Waals surface area (Å²) in [4.78, 5) is 31.5. The van der Waals surface area contributed by atoms with Crippen LogP contribution in [0.5, 0.6) is 0 Å². The van der Waals surface area contributed by atoms with Gasteiger partial charge in [-0.25, -0.2) is 9.97 Å². The Morgan fingerprint density at radius 1 is 0.857 bits per heavy atom. The number of aromatic amines is 1. The largest absolute Gasteiger partial charge is 0.356 e. The Bertz CT molecular complexity index is 952. The second-order valence-electron chi connectivity index (χ2n) is 7.48. The average Bonchev–Trinajstić information content (AvgIpc) is 3.43. The topological polar surface area (TPSA) is 68.4 Å². The molecule has 2 aliphatic heterocycles. The third kappa shape index (κ3) is 3.17. The van der Waals surface area contributed by atoms with Crippen molar-refractivity contribution in [2.45, 2.75) is 12.8 Å². The number of aromatic nitrogens is 3. The third-order valence-electron chi connectivity index (χ3n) is 5.72. The van der Waals surface area contributed by atoms with E-state index in [0.29, 0.717) is 18.8 Å². The van der Waals surface area contributed by atoms with E-state index in [4.69, 9.17) is 0 Å². The molecule has 1 aromatic carbocycles. The number of hydrogen-bond donors (Lipinski definition) is 1. The fourth-order valence-corrected chi connectivity index (χ4v) is 4.13. The van der Waals surface area contributed by atoms with Crippen LogP contribution in [0.25, 0.3) is 10.9 Å². The summed E-state index contributed by atoms with van der Waals surface area (Å²) in [5, 5.41) is 1.07. The van der Waals surface area contributed by atoms with Gasteiger partial charge in [-0.15, -0.1) is 0 Å². The predicted molar refractivity (Wildman–Crippen MR) is 110 cm³/mol. The molecule has 2 fully saturated rings. The first-order valence-corrected chi connectivity index (χ1v) is 9.97. The summed E-state index contributed by atoms with van der Waals surface area (Å²) in [6, 6.07) is 12.0. The highest BCUT2D eigenvalue weighted by Gasteiger charge is 2.24. The lowest BCUT2D eigenvalue weighted by Gasteiger charge is -2.35. The number of piperazine rings is 1. The molecule has 144 valence electrons. The summed E-state index contributed by atoms with van der Waals surface area (Å²) in [6.07, 6.45) is 4.12. The van der Waals surface area contributed by atoms with E-state index in [-0.39, 0.29) is 5.91 Å². The molecule has 7 heteroatoms. The van der Waals surface area contributed by atoms with Crippen molar-refractivity contribution in [3.8, 4) is 0 Å². The van der Waals surface area contributed by atoms with Gasteiger partial charge >= 0.3 is 0 Å². The maximum absolute atomic E-state index is 12.9. The Morgan fingerprint density at radius 2 is 1.54 bits per heavy atom. The van der Waals surface area contributed by atoms with Crippen molar-refractivity contribution in [2.24, 2.45) is 0 Å².